The fraction of sp³-hybridized carbons (Fsp3) is 0.269. The predicted molar refractivity (Wildman–Crippen MR) is 142 cm³/mol. The molecule has 0 aromatic heterocycles. The molecule has 0 spiro atoms. The largest absolute Gasteiger partial charge is 0.394 e. The highest BCUT2D eigenvalue weighted by atomic mass is 35.5. The van der Waals surface area contributed by atoms with Gasteiger partial charge in [-0.1, -0.05) is 36.7 Å². The van der Waals surface area contributed by atoms with Gasteiger partial charge in [0.15, 0.2) is 9.84 Å². The first-order valence-electron chi connectivity index (χ1n) is 11.8. The molecule has 8 nitrogen and oxygen atoms in total. The Morgan fingerprint density at radius 1 is 1.16 bits per heavy atom. The Morgan fingerprint density at radius 2 is 1.84 bits per heavy atom. The number of fused-ring (bicyclic) bond motifs is 1. The maximum atomic E-state index is 15.3. The zero-order chi connectivity index (χ0) is 27.8. The Labute approximate surface area is 226 Å². The zero-order valence-electron chi connectivity index (χ0n) is 20.6. The van der Waals surface area contributed by atoms with E-state index in [1.807, 2.05) is 0 Å². The number of hydrogen-bond donors (Lipinski definition) is 2. The molecule has 4 rings (SSSR count). The first kappa shape index (κ1) is 28.0. The Balaban J connectivity index is 1.58. The van der Waals surface area contributed by atoms with Gasteiger partial charge in [0.1, 0.15) is 5.82 Å². The summed E-state index contributed by atoms with van der Waals surface area (Å²) in [6, 6.07) is 12.3. The van der Waals surface area contributed by atoms with Crippen LogP contribution in [0, 0.1) is 5.82 Å². The number of carbonyl (C=O) groups excluding carboxylic acids is 1. The lowest BCUT2D eigenvalue weighted by Crippen LogP contribution is -2.44. The summed E-state index contributed by atoms with van der Waals surface area (Å²) >= 11 is 6.01. The first-order valence-corrected chi connectivity index (χ1v) is 15.2. The second-order valence-electron chi connectivity index (χ2n) is 8.95. The highest BCUT2D eigenvalue weighted by Crippen LogP contribution is 2.37. The predicted octanol–water partition coefficient (Wildman–Crippen LogP) is 3.88. The van der Waals surface area contributed by atoms with Crippen LogP contribution in [0.2, 0.25) is 5.02 Å². The molecule has 0 fully saturated rings. The quantitative estimate of drug-likeness (QED) is 0.438. The van der Waals surface area contributed by atoms with Crippen molar-refractivity contribution in [2.45, 2.75) is 42.1 Å². The van der Waals surface area contributed by atoms with E-state index in [0.29, 0.717) is 17.5 Å². The van der Waals surface area contributed by atoms with E-state index in [1.165, 1.54) is 49.4 Å². The van der Waals surface area contributed by atoms with Crippen molar-refractivity contribution in [2.75, 3.05) is 16.7 Å². The van der Waals surface area contributed by atoms with Gasteiger partial charge in [0.25, 0.3) is 15.9 Å². The third-order valence-corrected chi connectivity index (χ3v) is 10.4. The van der Waals surface area contributed by atoms with E-state index >= 15 is 4.39 Å². The van der Waals surface area contributed by atoms with Crippen molar-refractivity contribution in [1.29, 1.82) is 0 Å². The minimum Gasteiger partial charge on any atom is -0.394 e. The number of carbonyl (C=O) groups is 1. The summed E-state index contributed by atoms with van der Waals surface area (Å²) in [5.41, 5.74) is 0.759. The second-order valence-corrected chi connectivity index (χ2v) is 13.5. The number of nitrogens with one attached hydrogen (secondary N) is 1. The van der Waals surface area contributed by atoms with Crippen molar-refractivity contribution in [3.8, 4) is 0 Å². The average Bonchev–Trinajstić information content (AvgIpc) is 2.88. The molecule has 0 aliphatic carbocycles. The normalized spacial score (nSPS) is 17.5. The smallest absolute Gasteiger partial charge is 0.264 e. The van der Waals surface area contributed by atoms with Crippen LogP contribution >= 0.6 is 11.6 Å². The van der Waals surface area contributed by atoms with Crippen LogP contribution in [0.15, 0.2) is 70.5 Å². The third kappa shape index (κ3) is 5.28. The van der Waals surface area contributed by atoms with Crippen molar-refractivity contribution >= 4 is 43.1 Å². The minimum atomic E-state index is -4.11. The van der Waals surface area contributed by atoms with Gasteiger partial charge in [0, 0.05) is 16.6 Å². The SMILES string of the molecule is CCS(=O)(=O)c1ccc(C(CO)NC(=O)c2ccc(N3C(C)Cc4ccc(Cl)cc4S3(=O)=O)c(F)c2)cc1. The summed E-state index contributed by atoms with van der Waals surface area (Å²) in [7, 11) is -7.51. The molecule has 0 saturated carbocycles. The van der Waals surface area contributed by atoms with E-state index < -0.39 is 50.3 Å². The fourth-order valence-electron chi connectivity index (χ4n) is 4.43. The van der Waals surface area contributed by atoms with Gasteiger partial charge >= 0.3 is 0 Å². The van der Waals surface area contributed by atoms with E-state index in [1.54, 1.807) is 19.1 Å². The molecule has 0 saturated heterocycles. The topological polar surface area (TPSA) is 121 Å². The molecular formula is C26H26ClFN2O6S2. The van der Waals surface area contributed by atoms with Gasteiger partial charge in [-0.15, -0.1) is 0 Å². The van der Waals surface area contributed by atoms with Crippen LogP contribution < -0.4 is 9.62 Å². The van der Waals surface area contributed by atoms with Gasteiger partial charge < -0.3 is 10.4 Å². The molecule has 1 aliphatic heterocycles. The molecule has 1 amide bonds. The van der Waals surface area contributed by atoms with Crippen LogP contribution in [0.5, 0.6) is 0 Å². The Morgan fingerprint density at radius 3 is 2.45 bits per heavy atom. The summed E-state index contributed by atoms with van der Waals surface area (Å²) in [5.74, 6) is -1.68. The Kier molecular flexibility index (Phi) is 7.85. The van der Waals surface area contributed by atoms with Gasteiger partial charge in [-0.3, -0.25) is 9.10 Å². The van der Waals surface area contributed by atoms with Gasteiger partial charge in [-0.2, -0.15) is 0 Å². The average molecular weight is 581 g/mol. The number of hydrogen-bond acceptors (Lipinski definition) is 6. The molecule has 3 aromatic carbocycles. The lowest BCUT2D eigenvalue weighted by molar-refractivity contribution is 0.0915. The molecule has 38 heavy (non-hydrogen) atoms. The molecule has 1 heterocycles. The summed E-state index contributed by atoms with van der Waals surface area (Å²) in [6.45, 7) is 2.70. The number of halogens is 2. The summed E-state index contributed by atoms with van der Waals surface area (Å²) in [5, 5.41) is 12.7. The van der Waals surface area contributed by atoms with Crippen molar-refractivity contribution in [3.05, 3.63) is 88.2 Å². The molecule has 2 N–H and O–H groups in total. The number of anilines is 1. The van der Waals surface area contributed by atoms with E-state index in [9.17, 15) is 26.7 Å². The van der Waals surface area contributed by atoms with Crippen LogP contribution in [0.1, 0.15) is 41.4 Å². The second kappa shape index (κ2) is 10.6. The van der Waals surface area contributed by atoms with Crippen molar-refractivity contribution < 1.29 is 31.1 Å². The number of sulfonamides is 1. The fourth-order valence-corrected chi connectivity index (χ4v) is 7.47. The number of nitrogens with zero attached hydrogens (tertiary/aromatic N) is 1. The number of benzene rings is 3. The molecule has 1 aliphatic rings. The van der Waals surface area contributed by atoms with Crippen LogP contribution in [-0.4, -0.2) is 46.3 Å². The molecule has 0 bridgehead atoms. The van der Waals surface area contributed by atoms with Gasteiger partial charge in [-0.25, -0.2) is 21.2 Å². The van der Waals surface area contributed by atoms with Crippen LogP contribution in [0.3, 0.4) is 0 Å². The molecule has 12 heteroatoms. The molecular weight excluding hydrogens is 555 g/mol. The van der Waals surface area contributed by atoms with E-state index in [-0.39, 0.29) is 31.8 Å². The first-order chi connectivity index (χ1) is 17.9. The van der Waals surface area contributed by atoms with Gasteiger partial charge in [0.05, 0.1) is 33.9 Å². The van der Waals surface area contributed by atoms with Crippen LogP contribution in [0.25, 0.3) is 0 Å². The number of aliphatic hydroxyl groups is 1. The molecule has 2 unspecified atom stereocenters. The number of amides is 1. The monoisotopic (exact) mass is 580 g/mol. The number of aliphatic hydroxyl groups excluding tert-OH is 1. The van der Waals surface area contributed by atoms with E-state index in [0.717, 1.165) is 10.4 Å². The van der Waals surface area contributed by atoms with Crippen LogP contribution in [-0.2, 0) is 26.3 Å². The van der Waals surface area contributed by atoms with Crippen molar-refractivity contribution in [1.82, 2.24) is 5.32 Å². The van der Waals surface area contributed by atoms with Gasteiger partial charge in [-0.05, 0) is 66.9 Å². The highest BCUT2D eigenvalue weighted by Gasteiger charge is 2.38. The molecule has 2 atom stereocenters. The molecule has 0 radical (unpaired) electrons. The third-order valence-electron chi connectivity index (χ3n) is 6.44. The maximum absolute atomic E-state index is 15.3. The zero-order valence-corrected chi connectivity index (χ0v) is 22.9. The molecule has 3 aromatic rings. The summed E-state index contributed by atoms with van der Waals surface area (Å²) in [4.78, 5) is 13.0. The van der Waals surface area contributed by atoms with E-state index in [4.69, 9.17) is 11.6 Å². The highest BCUT2D eigenvalue weighted by molar-refractivity contribution is 7.93. The minimum absolute atomic E-state index is 0.00728. The standard InChI is InChI=1S/C26H26ClFN2O6S2/c1-3-37(33,34)21-9-5-17(6-10-21)23(15-31)29-26(32)19-7-11-24(22(28)13-19)30-16(2)12-18-4-8-20(27)14-25(18)38(30,35)36/h4-11,13-14,16,23,31H,3,12,15H2,1-2H3,(H,29,32). The Bertz CT molecular complexity index is 1590. The number of sulfone groups is 1. The summed E-state index contributed by atoms with van der Waals surface area (Å²) in [6.07, 6.45) is 0.351. The number of rotatable bonds is 7. The van der Waals surface area contributed by atoms with Crippen molar-refractivity contribution in [3.63, 3.8) is 0 Å². The Hall–Kier alpha value is -2.99. The van der Waals surface area contributed by atoms with Crippen molar-refractivity contribution in [2.24, 2.45) is 0 Å². The summed E-state index contributed by atoms with van der Waals surface area (Å²) < 4.78 is 67.0. The molecule has 202 valence electrons. The van der Waals surface area contributed by atoms with Crippen LogP contribution in [0.4, 0.5) is 10.1 Å². The lowest BCUT2D eigenvalue weighted by atomic mass is 10.1. The lowest BCUT2D eigenvalue weighted by Gasteiger charge is -2.35. The van der Waals surface area contributed by atoms with E-state index in [2.05, 4.69) is 5.32 Å². The van der Waals surface area contributed by atoms with Gasteiger partial charge in [0.2, 0.25) is 0 Å². The maximum Gasteiger partial charge on any atom is 0.264 e.